The fourth-order valence-corrected chi connectivity index (χ4v) is 3.29. The quantitative estimate of drug-likeness (QED) is 0.572. The topological polar surface area (TPSA) is 55.4 Å². The molecule has 6 heteroatoms. The summed E-state index contributed by atoms with van der Waals surface area (Å²) in [5.41, 5.74) is 1.90. The van der Waals surface area contributed by atoms with Crippen molar-refractivity contribution in [1.82, 2.24) is 0 Å². The van der Waals surface area contributed by atoms with Crippen molar-refractivity contribution in [3.63, 3.8) is 0 Å². The number of carbonyl (C=O) groups is 2. The number of esters is 1. The number of anilines is 1. The predicted octanol–water partition coefficient (Wildman–Crippen LogP) is 4.94. The zero-order valence-corrected chi connectivity index (χ0v) is 15.9. The molecular formula is C19H20ClNO3S. The summed E-state index contributed by atoms with van der Waals surface area (Å²) in [6, 6.07) is 12.5. The van der Waals surface area contributed by atoms with Gasteiger partial charge in [-0.15, -0.1) is 11.8 Å². The monoisotopic (exact) mass is 377 g/mol. The molecule has 2 aromatic rings. The SMILES string of the molecule is CC[C@@H](Sc1ccc(Cl)cc1)C(=O)Nc1cc(C(=O)OC)ccc1C. The third-order valence-corrected chi connectivity index (χ3v) is 5.30. The van der Waals surface area contributed by atoms with E-state index in [1.54, 1.807) is 30.3 Å². The Hall–Kier alpha value is -1.98. The molecule has 4 nitrogen and oxygen atoms in total. The Morgan fingerprint density at radius 3 is 2.48 bits per heavy atom. The number of ether oxygens (including phenoxy) is 1. The Morgan fingerprint density at radius 1 is 1.20 bits per heavy atom. The maximum Gasteiger partial charge on any atom is 0.337 e. The van der Waals surface area contributed by atoms with Crippen LogP contribution < -0.4 is 5.32 Å². The van der Waals surface area contributed by atoms with Gasteiger partial charge in [0.25, 0.3) is 0 Å². The maximum absolute atomic E-state index is 12.6. The molecule has 0 aliphatic rings. The molecule has 2 rings (SSSR count). The van der Waals surface area contributed by atoms with Crippen molar-refractivity contribution in [3.05, 3.63) is 58.6 Å². The van der Waals surface area contributed by atoms with Gasteiger partial charge in [0.1, 0.15) is 0 Å². The van der Waals surface area contributed by atoms with Crippen LogP contribution in [0.3, 0.4) is 0 Å². The lowest BCUT2D eigenvalue weighted by atomic mass is 10.1. The van der Waals surface area contributed by atoms with E-state index in [0.717, 1.165) is 10.5 Å². The van der Waals surface area contributed by atoms with Crippen LogP contribution >= 0.6 is 23.4 Å². The van der Waals surface area contributed by atoms with E-state index < -0.39 is 5.97 Å². The van der Waals surface area contributed by atoms with Crippen LogP contribution in [0, 0.1) is 6.92 Å². The second-order valence-corrected chi connectivity index (χ2v) is 7.19. The van der Waals surface area contributed by atoms with Gasteiger partial charge < -0.3 is 10.1 Å². The Kier molecular flexibility index (Phi) is 6.91. The van der Waals surface area contributed by atoms with E-state index in [0.29, 0.717) is 22.7 Å². The number of rotatable bonds is 6. The van der Waals surface area contributed by atoms with Crippen molar-refractivity contribution < 1.29 is 14.3 Å². The van der Waals surface area contributed by atoms with Gasteiger partial charge in [-0.2, -0.15) is 0 Å². The molecule has 0 aliphatic carbocycles. The van der Waals surface area contributed by atoms with E-state index in [1.165, 1.54) is 18.9 Å². The first kappa shape index (κ1) is 19.3. The van der Waals surface area contributed by atoms with Crippen LogP contribution in [0.1, 0.15) is 29.3 Å². The minimum atomic E-state index is -0.432. The molecule has 0 fully saturated rings. The van der Waals surface area contributed by atoms with Gasteiger partial charge in [0.15, 0.2) is 0 Å². The standard InChI is InChI=1S/C19H20ClNO3S/c1-4-17(25-15-9-7-14(20)8-10-15)18(22)21-16-11-13(19(23)24-3)6-5-12(16)2/h5-11,17H,4H2,1-3H3,(H,21,22)/t17-/m1/s1. The van der Waals surface area contributed by atoms with Crippen molar-refractivity contribution in [2.45, 2.75) is 30.4 Å². The molecule has 1 atom stereocenters. The molecule has 0 radical (unpaired) electrons. The number of hydrogen-bond donors (Lipinski definition) is 1. The zero-order chi connectivity index (χ0) is 18.4. The van der Waals surface area contributed by atoms with Crippen LogP contribution in [-0.4, -0.2) is 24.2 Å². The first-order valence-electron chi connectivity index (χ1n) is 7.86. The number of benzene rings is 2. The van der Waals surface area contributed by atoms with E-state index in [9.17, 15) is 9.59 Å². The van der Waals surface area contributed by atoms with E-state index in [-0.39, 0.29) is 11.2 Å². The fraction of sp³-hybridized carbons (Fsp3) is 0.263. The van der Waals surface area contributed by atoms with Crippen LogP contribution in [0.2, 0.25) is 5.02 Å². The lowest BCUT2D eigenvalue weighted by Crippen LogP contribution is -2.25. The summed E-state index contributed by atoms with van der Waals surface area (Å²) in [6.07, 6.45) is 0.675. The average molecular weight is 378 g/mol. The first-order chi connectivity index (χ1) is 11.9. The zero-order valence-electron chi connectivity index (χ0n) is 14.3. The van der Waals surface area contributed by atoms with Crippen molar-refractivity contribution in [2.24, 2.45) is 0 Å². The maximum atomic E-state index is 12.6. The van der Waals surface area contributed by atoms with Gasteiger partial charge in [0, 0.05) is 15.6 Å². The Balaban J connectivity index is 2.13. The number of aryl methyl sites for hydroxylation is 1. The number of halogens is 1. The summed E-state index contributed by atoms with van der Waals surface area (Å²) < 4.78 is 4.73. The molecule has 0 bridgehead atoms. The molecule has 0 heterocycles. The number of amides is 1. The van der Waals surface area contributed by atoms with Gasteiger partial charge in [-0.1, -0.05) is 24.6 Å². The lowest BCUT2D eigenvalue weighted by Gasteiger charge is -2.16. The lowest BCUT2D eigenvalue weighted by molar-refractivity contribution is -0.115. The molecule has 1 N–H and O–H groups in total. The molecule has 132 valence electrons. The molecule has 2 aromatic carbocycles. The van der Waals surface area contributed by atoms with Gasteiger partial charge in [-0.3, -0.25) is 4.79 Å². The number of thioether (sulfide) groups is 1. The van der Waals surface area contributed by atoms with Crippen LogP contribution in [0.4, 0.5) is 5.69 Å². The Morgan fingerprint density at radius 2 is 1.88 bits per heavy atom. The molecule has 0 aliphatic heterocycles. The van der Waals surface area contributed by atoms with Gasteiger partial charge in [0.05, 0.1) is 17.9 Å². The third-order valence-electron chi connectivity index (χ3n) is 3.67. The van der Waals surface area contributed by atoms with Crippen LogP contribution in [0.25, 0.3) is 0 Å². The van der Waals surface area contributed by atoms with Crippen molar-refractivity contribution >= 4 is 40.9 Å². The smallest absolute Gasteiger partial charge is 0.337 e. The molecule has 0 saturated heterocycles. The van der Waals surface area contributed by atoms with E-state index in [1.807, 2.05) is 26.0 Å². The minimum absolute atomic E-state index is 0.104. The molecule has 0 spiro atoms. The van der Waals surface area contributed by atoms with Gasteiger partial charge in [-0.25, -0.2) is 4.79 Å². The number of carbonyl (C=O) groups excluding carboxylic acids is 2. The second-order valence-electron chi connectivity index (χ2n) is 5.48. The van der Waals surface area contributed by atoms with Crippen LogP contribution in [-0.2, 0) is 9.53 Å². The fourth-order valence-electron chi connectivity index (χ4n) is 2.21. The molecule has 0 aromatic heterocycles. The Bertz CT molecular complexity index is 762. The van der Waals surface area contributed by atoms with Crippen molar-refractivity contribution in [3.8, 4) is 0 Å². The highest BCUT2D eigenvalue weighted by Gasteiger charge is 2.19. The van der Waals surface area contributed by atoms with Gasteiger partial charge >= 0.3 is 5.97 Å². The van der Waals surface area contributed by atoms with Crippen molar-refractivity contribution in [1.29, 1.82) is 0 Å². The summed E-state index contributed by atoms with van der Waals surface area (Å²) in [4.78, 5) is 25.3. The van der Waals surface area contributed by atoms with E-state index >= 15 is 0 Å². The predicted molar refractivity (Wildman–Crippen MR) is 103 cm³/mol. The largest absolute Gasteiger partial charge is 0.465 e. The van der Waals surface area contributed by atoms with Crippen LogP contribution in [0.5, 0.6) is 0 Å². The summed E-state index contributed by atoms with van der Waals surface area (Å²) in [5.74, 6) is -0.536. The molecule has 25 heavy (non-hydrogen) atoms. The Labute approximate surface area is 156 Å². The normalized spacial score (nSPS) is 11.7. The highest BCUT2D eigenvalue weighted by molar-refractivity contribution is 8.00. The summed E-state index contributed by atoms with van der Waals surface area (Å²) in [7, 11) is 1.33. The first-order valence-corrected chi connectivity index (χ1v) is 9.12. The minimum Gasteiger partial charge on any atom is -0.465 e. The van der Waals surface area contributed by atoms with Crippen LogP contribution in [0.15, 0.2) is 47.4 Å². The molecule has 1 amide bonds. The molecular weight excluding hydrogens is 358 g/mol. The van der Waals surface area contributed by atoms with E-state index in [2.05, 4.69) is 5.32 Å². The second kappa shape index (κ2) is 8.92. The third kappa shape index (κ3) is 5.25. The summed E-state index contributed by atoms with van der Waals surface area (Å²) in [6.45, 7) is 3.84. The number of nitrogens with one attached hydrogen (secondary N) is 1. The number of methoxy groups -OCH3 is 1. The van der Waals surface area contributed by atoms with E-state index in [4.69, 9.17) is 16.3 Å². The van der Waals surface area contributed by atoms with Gasteiger partial charge in [0.2, 0.25) is 5.91 Å². The average Bonchev–Trinajstić information content (AvgIpc) is 2.62. The highest BCUT2D eigenvalue weighted by atomic mass is 35.5. The van der Waals surface area contributed by atoms with Gasteiger partial charge in [-0.05, 0) is 55.3 Å². The summed E-state index contributed by atoms with van der Waals surface area (Å²) in [5, 5.41) is 3.33. The number of hydrogen-bond acceptors (Lipinski definition) is 4. The highest BCUT2D eigenvalue weighted by Crippen LogP contribution is 2.28. The molecule has 0 saturated carbocycles. The van der Waals surface area contributed by atoms with Crippen molar-refractivity contribution in [2.75, 3.05) is 12.4 Å². The molecule has 0 unspecified atom stereocenters. The summed E-state index contributed by atoms with van der Waals surface area (Å²) >= 11 is 7.38.